The topological polar surface area (TPSA) is 108 Å². The number of carbonyl (C=O) groups is 4. The number of likely N-dealkylation sites (N-methyl/N-ethyl adjacent to an activating group) is 1. The van der Waals surface area contributed by atoms with Gasteiger partial charge in [-0.3, -0.25) is 24.1 Å². The van der Waals surface area contributed by atoms with Gasteiger partial charge in [0.2, 0.25) is 0 Å². The van der Waals surface area contributed by atoms with E-state index in [1.54, 1.807) is 26.0 Å². The first-order chi connectivity index (χ1) is 11.7. The molecule has 1 heterocycles. The molecule has 0 atom stereocenters. The number of nitrogens with zero attached hydrogens (tertiary/aromatic N) is 3. The Morgan fingerprint density at radius 2 is 1.72 bits per heavy atom. The zero-order valence-corrected chi connectivity index (χ0v) is 14.1. The van der Waals surface area contributed by atoms with Crippen molar-refractivity contribution in [3.63, 3.8) is 0 Å². The molecule has 0 fully saturated rings. The van der Waals surface area contributed by atoms with Crippen molar-refractivity contribution in [2.45, 2.75) is 19.4 Å². The normalized spacial score (nSPS) is 13.3. The van der Waals surface area contributed by atoms with Gasteiger partial charge in [-0.15, -0.1) is 0 Å². The van der Waals surface area contributed by atoms with Crippen molar-refractivity contribution in [2.24, 2.45) is 0 Å². The van der Waals surface area contributed by atoms with Gasteiger partial charge in [0.25, 0.3) is 17.7 Å². The highest BCUT2D eigenvalue weighted by atomic mass is 16.5. The standard InChI is InChI=1S/C17H17N3O5/c1-17(2,10-18)19(3)13(21)9-25-14(22)8-20-15(23)11-6-4-5-7-12(11)16(20)24/h4-7H,8-9H2,1-3H3. The summed E-state index contributed by atoms with van der Waals surface area (Å²) in [5, 5.41) is 8.99. The number of hydrogen-bond acceptors (Lipinski definition) is 6. The van der Waals surface area contributed by atoms with Gasteiger partial charge in [-0.1, -0.05) is 12.1 Å². The van der Waals surface area contributed by atoms with Crippen LogP contribution in [0, 0.1) is 11.3 Å². The van der Waals surface area contributed by atoms with E-state index in [1.807, 2.05) is 6.07 Å². The lowest BCUT2D eigenvalue weighted by Gasteiger charge is -2.28. The summed E-state index contributed by atoms with van der Waals surface area (Å²) < 4.78 is 4.84. The summed E-state index contributed by atoms with van der Waals surface area (Å²) >= 11 is 0. The summed E-state index contributed by atoms with van der Waals surface area (Å²) in [6, 6.07) is 8.21. The van der Waals surface area contributed by atoms with Crippen LogP contribution in [-0.4, -0.2) is 59.2 Å². The zero-order valence-electron chi connectivity index (χ0n) is 14.1. The fourth-order valence-corrected chi connectivity index (χ4v) is 2.18. The van der Waals surface area contributed by atoms with Crippen LogP contribution in [0.5, 0.6) is 0 Å². The van der Waals surface area contributed by atoms with Crippen molar-refractivity contribution < 1.29 is 23.9 Å². The average Bonchev–Trinajstić information content (AvgIpc) is 2.84. The molecule has 3 amide bonds. The average molecular weight is 343 g/mol. The molecule has 0 aromatic heterocycles. The first-order valence-electron chi connectivity index (χ1n) is 7.48. The van der Waals surface area contributed by atoms with Crippen molar-refractivity contribution in [2.75, 3.05) is 20.2 Å². The molecule has 8 heteroatoms. The van der Waals surface area contributed by atoms with Gasteiger partial charge in [0.15, 0.2) is 6.61 Å². The number of nitriles is 1. The van der Waals surface area contributed by atoms with Crippen LogP contribution in [-0.2, 0) is 14.3 Å². The van der Waals surface area contributed by atoms with E-state index < -0.39 is 42.4 Å². The van der Waals surface area contributed by atoms with Crippen molar-refractivity contribution in [3.05, 3.63) is 35.4 Å². The maximum Gasteiger partial charge on any atom is 0.326 e. The summed E-state index contributed by atoms with van der Waals surface area (Å²) in [6.07, 6.45) is 0. The van der Waals surface area contributed by atoms with E-state index >= 15 is 0 Å². The Hall–Kier alpha value is -3.21. The second-order valence-electron chi connectivity index (χ2n) is 6.03. The van der Waals surface area contributed by atoms with Crippen molar-refractivity contribution in [1.82, 2.24) is 9.80 Å². The van der Waals surface area contributed by atoms with Crippen LogP contribution in [0.25, 0.3) is 0 Å². The molecule has 8 nitrogen and oxygen atoms in total. The predicted octanol–water partition coefficient (Wildman–Crippen LogP) is 0.586. The maximum absolute atomic E-state index is 12.1. The fourth-order valence-electron chi connectivity index (χ4n) is 2.18. The number of rotatable bonds is 5. The summed E-state index contributed by atoms with van der Waals surface area (Å²) in [5.74, 6) is -2.61. The van der Waals surface area contributed by atoms with E-state index in [4.69, 9.17) is 10.00 Å². The van der Waals surface area contributed by atoms with Gasteiger partial charge in [0.05, 0.1) is 17.2 Å². The molecule has 0 saturated heterocycles. The van der Waals surface area contributed by atoms with Gasteiger partial charge in [0, 0.05) is 7.05 Å². The Morgan fingerprint density at radius 3 is 2.20 bits per heavy atom. The molecule has 130 valence electrons. The molecule has 0 unspecified atom stereocenters. The van der Waals surface area contributed by atoms with Gasteiger partial charge in [0.1, 0.15) is 12.1 Å². The largest absolute Gasteiger partial charge is 0.454 e. The molecular weight excluding hydrogens is 326 g/mol. The molecule has 0 radical (unpaired) electrons. The summed E-state index contributed by atoms with van der Waals surface area (Å²) in [5.41, 5.74) is -0.592. The molecule has 1 aromatic carbocycles. The molecular formula is C17H17N3O5. The van der Waals surface area contributed by atoms with Crippen LogP contribution in [0.15, 0.2) is 24.3 Å². The molecule has 0 saturated carbocycles. The fraction of sp³-hybridized carbons (Fsp3) is 0.353. The molecule has 0 spiro atoms. The van der Waals surface area contributed by atoms with Gasteiger partial charge in [-0.05, 0) is 26.0 Å². The maximum atomic E-state index is 12.1. The Balaban J connectivity index is 1.94. The molecule has 0 bridgehead atoms. The lowest BCUT2D eigenvalue weighted by Crippen LogP contribution is -2.46. The van der Waals surface area contributed by atoms with Crippen LogP contribution in [0.4, 0.5) is 0 Å². The van der Waals surface area contributed by atoms with Crippen LogP contribution in [0.3, 0.4) is 0 Å². The lowest BCUT2D eigenvalue weighted by atomic mass is 10.1. The second kappa shape index (κ2) is 6.73. The minimum Gasteiger partial charge on any atom is -0.454 e. The number of benzene rings is 1. The molecule has 1 aliphatic rings. The van der Waals surface area contributed by atoms with Crippen LogP contribution >= 0.6 is 0 Å². The molecule has 1 aliphatic heterocycles. The number of imide groups is 1. The zero-order chi connectivity index (χ0) is 18.8. The van der Waals surface area contributed by atoms with E-state index in [0.29, 0.717) is 0 Å². The first kappa shape index (κ1) is 18.1. The second-order valence-corrected chi connectivity index (χ2v) is 6.03. The van der Waals surface area contributed by atoms with E-state index in [9.17, 15) is 19.2 Å². The Bertz CT molecular complexity index is 759. The highest BCUT2D eigenvalue weighted by molar-refractivity contribution is 6.22. The molecule has 0 N–H and O–H groups in total. The number of hydrogen-bond donors (Lipinski definition) is 0. The number of amides is 3. The van der Waals surface area contributed by atoms with Crippen LogP contribution < -0.4 is 0 Å². The minimum absolute atomic E-state index is 0.229. The van der Waals surface area contributed by atoms with E-state index in [0.717, 1.165) is 9.80 Å². The SMILES string of the molecule is CN(C(=O)COC(=O)CN1C(=O)c2ccccc2C1=O)C(C)(C)C#N. The monoisotopic (exact) mass is 343 g/mol. The Morgan fingerprint density at radius 1 is 1.20 bits per heavy atom. The molecule has 25 heavy (non-hydrogen) atoms. The molecule has 0 aliphatic carbocycles. The van der Waals surface area contributed by atoms with E-state index in [1.165, 1.54) is 19.2 Å². The van der Waals surface area contributed by atoms with Gasteiger partial charge in [-0.25, -0.2) is 0 Å². The van der Waals surface area contributed by atoms with Crippen molar-refractivity contribution in [3.8, 4) is 6.07 Å². The van der Waals surface area contributed by atoms with E-state index in [2.05, 4.69) is 0 Å². The highest BCUT2D eigenvalue weighted by Gasteiger charge is 2.37. The summed E-state index contributed by atoms with van der Waals surface area (Å²) in [6.45, 7) is 1.94. The van der Waals surface area contributed by atoms with Crippen molar-refractivity contribution >= 4 is 23.7 Å². The predicted molar refractivity (Wildman–Crippen MR) is 85.2 cm³/mol. The smallest absolute Gasteiger partial charge is 0.326 e. The van der Waals surface area contributed by atoms with E-state index in [-0.39, 0.29) is 11.1 Å². The van der Waals surface area contributed by atoms with Crippen LogP contribution in [0.2, 0.25) is 0 Å². The third kappa shape index (κ3) is 3.50. The van der Waals surface area contributed by atoms with Crippen molar-refractivity contribution in [1.29, 1.82) is 5.26 Å². The summed E-state index contributed by atoms with van der Waals surface area (Å²) in [7, 11) is 1.42. The Labute approximate surface area is 144 Å². The van der Waals surface area contributed by atoms with Gasteiger partial charge >= 0.3 is 5.97 Å². The third-order valence-electron chi connectivity index (χ3n) is 4.01. The number of esters is 1. The van der Waals surface area contributed by atoms with Gasteiger partial charge < -0.3 is 9.64 Å². The first-order valence-corrected chi connectivity index (χ1v) is 7.48. The minimum atomic E-state index is -1.05. The third-order valence-corrected chi connectivity index (χ3v) is 4.01. The number of fused-ring (bicyclic) bond motifs is 1. The van der Waals surface area contributed by atoms with Gasteiger partial charge in [-0.2, -0.15) is 5.26 Å². The number of ether oxygens (including phenoxy) is 1. The highest BCUT2D eigenvalue weighted by Crippen LogP contribution is 2.22. The summed E-state index contributed by atoms with van der Waals surface area (Å²) in [4.78, 5) is 50.1. The number of carbonyl (C=O) groups excluding carboxylic acids is 4. The Kier molecular flexibility index (Phi) is 4.88. The van der Waals surface area contributed by atoms with Crippen LogP contribution in [0.1, 0.15) is 34.6 Å². The lowest BCUT2D eigenvalue weighted by molar-refractivity contribution is -0.152. The quantitative estimate of drug-likeness (QED) is 0.572. The molecule has 2 rings (SSSR count). The molecule has 1 aromatic rings.